The first-order valence-electron chi connectivity index (χ1n) is 5.14. The topological polar surface area (TPSA) is 57.5 Å². The molecule has 4 heteroatoms. The van der Waals surface area contributed by atoms with Crippen molar-refractivity contribution >= 4 is 17.7 Å². The Balaban J connectivity index is 2.21. The van der Waals surface area contributed by atoms with Crippen LogP contribution in [0.25, 0.3) is 0 Å². The molecule has 0 aromatic rings. The molecule has 0 amide bonds. The molecule has 14 heavy (non-hydrogen) atoms. The Morgan fingerprint density at radius 1 is 1.21 bits per heavy atom. The van der Waals surface area contributed by atoms with Crippen LogP contribution in [-0.2, 0) is 4.79 Å². The summed E-state index contributed by atoms with van der Waals surface area (Å²) in [5.74, 6) is 0.853. The summed E-state index contributed by atoms with van der Waals surface area (Å²) in [6.07, 6.45) is 3.85. The van der Waals surface area contributed by atoms with Crippen molar-refractivity contribution in [1.82, 2.24) is 0 Å². The van der Waals surface area contributed by atoms with Crippen molar-refractivity contribution in [2.24, 2.45) is 5.41 Å². The van der Waals surface area contributed by atoms with Crippen LogP contribution in [0.5, 0.6) is 0 Å². The van der Waals surface area contributed by atoms with Crippen LogP contribution in [0.4, 0.5) is 0 Å². The van der Waals surface area contributed by atoms with Crippen LogP contribution in [0.1, 0.15) is 32.1 Å². The van der Waals surface area contributed by atoms with Crippen LogP contribution in [0.3, 0.4) is 0 Å². The van der Waals surface area contributed by atoms with Crippen LogP contribution in [0.2, 0.25) is 0 Å². The van der Waals surface area contributed by atoms with E-state index in [1.54, 1.807) is 11.8 Å². The highest BCUT2D eigenvalue weighted by Crippen LogP contribution is 2.53. The van der Waals surface area contributed by atoms with Crippen molar-refractivity contribution in [2.75, 3.05) is 11.5 Å². The van der Waals surface area contributed by atoms with Crippen LogP contribution < -0.4 is 0 Å². The zero-order valence-corrected chi connectivity index (χ0v) is 8.98. The third kappa shape index (κ3) is 1.27. The summed E-state index contributed by atoms with van der Waals surface area (Å²) >= 11 is 1.68. The zero-order chi connectivity index (χ0) is 10.2. The van der Waals surface area contributed by atoms with Gasteiger partial charge in [0, 0.05) is 5.75 Å². The fourth-order valence-corrected chi connectivity index (χ4v) is 3.82. The number of hydrogen-bond donors (Lipinski definition) is 2. The largest absolute Gasteiger partial charge is 0.481 e. The predicted octanol–water partition coefficient (Wildman–Crippen LogP) is 1.50. The second-order valence-corrected chi connectivity index (χ2v) is 5.53. The maximum absolute atomic E-state index is 11.2. The first kappa shape index (κ1) is 10.3. The van der Waals surface area contributed by atoms with Gasteiger partial charge in [0.25, 0.3) is 0 Å². The molecule has 0 spiro atoms. The van der Waals surface area contributed by atoms with Gasteiger partial charge in [0.2, 0.25) is 0 Å². The Bertz CT molecular complexity index is 242. The van der Waals surface area contributed by atoms with E-state index >= 15 is 0 Å². The molecule has 1 saturated carbocycles. The minimum absolute atomic E-state index is 0.597. The number of carbonyl (C=O) groups is 1. The molecule has 2 fully saturated rings. The summed E-state index contributed by atoms with van der Waals surface area (Å²) in [5, 5.41) is 19.6. The number of thioether (sulfide) groups is 1. The lowest BCUT2D eigenvalue weighted by Crippen LogP contribution is -2.59. The fourth-order valence-electron chi connectivity index (χ4n) is 2.57. The van der Waals surface area contributed by atoms with Crippen LogP contribution in [0.15, 0.2) is 0 Å². The van der Waals surface area contributed by atoms with Gasteiger partial charge in [-0.1, -0.05) is 6.42 Å². The second-order valence-electron chi connectivity index (χ2n) is 4.43. The fraction of sp³-hybridized carbons (Fsp3) is 0.900. The van der Waals surface area contributed by atoms with Crippen molar-refractivity contribution in [3.63, 3.8) is 0 Å². The maximum Gasteiger partial charge on any atom is 0.312 e. The Hall–Kier alpha value is -0.220. The van der Waals surface area contributed by atoms with Gasteiger partial charge in [-0.25, -0.2) is 0 Å². The summed E-state index contributed by atoms with van der Waals surface area (Å²) in [7, 11) is 0. The average molecular weight is 216 g/mol. The molecule has 1 aliphatic heterocycles. The molecular weight excluding hydrogens is 200 g/mol. The lowest BCUT2D eigenvalue weighted by molar-refractivity contribution is -0.181. The highest BCUT2D eigenvalue weighted by Gasteiger charge is 2.59. The molecule has 1 heterocycles. The number of rotatable bonds is 2. The number of hydrogen-bond acceptors (Lipinski definition) is 3. The summed E-state index contributed by atoms with van der Waals surface area (Å²) in [6.45, 7) is 0. The van der Waals surface area contributed by atoms with E-state index in [1.807, 2.05) is 0 Å². The predicted molar refractivity (Wildman–Crippen MR) is 55.4 cm³/mol. The minimum atomic E-state index is -0.944. The van der Waals surface area contributed by atoms with E-state index in [0.29, 0.717) is 25.0 Å². The molecule has 1 aliphatic carbocycles. The van der Waals surface area contributed by atoms with E-state index in [0.717, 1.165) is 18.6 Å². The monoisotopic (exact) mass is 216 g/mol. The third-order valence-corrected chi connectivity index (χ3v) is 4.99. The molecule has 1 atom stereocenters. The molecule has 2 aliphatic rings. The van der Waals surface area contributed by atoms with Crippen molar-refractivity contribution < 1.29 is 15.0 Å². The summed E-state index contributed by atoms with van der Waals surface area (Å²) in [4.78, 5) is 11.2. The van der Waals surface area contributed by atoms with Gasteiger partial charge in [0.1, 0.15) is 0 Å². The summed E-state index contributed by atoms with van der Waals surface area (Å²) in [5.41, 5.74) is -1.76. The van der Waals surface area contributed by atoms with Gasteiger partial charge in [0.05, 0.1) is 11.0 Å². The smallest absolute Gasteiger partial charge is 0.312 e. The standard InChI is InChI=1S/C10H16O3S/c11-8(12)9(3-1-4-9)10(13)5-2-6-14-7-10/h13H,1-7H2,(H,11,12). The Labute approximate surface area is 87.9 Å². The van der Waals surface area contributed by atoms with Crippen molar-refractivity contribution in [3.05, 3.63) is 0 Å². The van der Waals surface area contributed by atoms with Crippen LogP contribution in [-0.4, -0.2) is 33.3 Å². The molecule has 0 radical (unpaired) electrons. The lowest BCUT2D eigenvalue weighted by atomic mass is 9.58. The van der Waals surface area contributed by atoms with Gasteiger partial charge in [-0.3, -0.25) is 4.79 Å². The van der Waals surface area contributed by atoms with Gasteiger partial charge in [-0.05, 0) is 31.4 Å². The number of carboxylic acids is 1. The van der Waals surface area contributed by atoms with Gasteiger partial charge >= 0.3 is 5.97 Å². The van der Waals surface area contributed by atoms with Crippen molar-refractivity contribution in [2.45, 2.75) is 37.7 Å². The minimum Gasteiger partial charge on any atom is -0.481 e. The molecule has 2 rings (SSSR count). The molecule has 80 valence electrons. The van der Waals surface area contributed by atoms with Gasteiger partial charge < -0.3 is 10.2 Å². The maximum atomic E-state index is 11.2. The van der Waals surface area contributed by atoms with Crippen molar-refractivity contribution in [3.8, 4) is 0 Å². The first-order valence-corrected chi connectivity index (χ1v) is 6.30. The van der Waals surface area contributed by atoms with E-state index in [2.05, 4.69) is 0 Å². The lowest BCUT2D eigenvalue weighted by Gasteiger charge is -2.51. The highest BCUT2D eigenvalue weighted by molar-refractivity contribution is 7.99. The molecule has 1 unspecified atom stereocenters. The molecular formula is C10H16O3S. The van der Waals surface area contributed by atoms with Gasteiger partial charge in [-0.2, -0.15) is 11.8 Å². The van der Waals surface area contributed by atoms with Crippen LogP contribution >= 0.6 is 11.8 Å². The Kier molecular flexibility index (Phi) is 2.52. The number of carboxylic acid groups (broad SMARTS) is 1. The van der Waals surface area contributed by atoms with E-state index < -0.39 is 17.0 Å². The molecule has 0 bridgehead atoms. The SMILES string of the molecule is O=C(O)C1(C2(O)CCCSC2)CCC1. The van der Waals surface area contributed by atoms with Gasteiger partial charge in [0.15, 0.2) is 0 Å². The number of aliphatic hydroxyl groups is 1. The second kappa shape index (κ2) is 3.42. The molecule has 3 nitrogen and oxygen atoms in total. The Morgan fingerprint density at radius 3 is 2.29 bits per heavy atom. The third-order valence-electron chi connectivity index (χ3n) is 3.73. The van der Waals surface area contributed by atoms with Gasteiger partial charge in [-0.15, -0.1) is 0 Å². The summed E-state index contributed by atoms with van der Waals surface area (Å²) < 4.78 is 0. The summed E-state index contributed by atoms with van der Waals surface area (Å²) in [6, 6.07) is 0. The first-order chi connectivity index (χ1) is 6.61. The van der Waals surface area contributed by atoms with E-state index in [1.165, 1.54) is 0 Å². The average Bonchev–Trinajstić information content (AvgIpc) is 2.01. The van der Waals surface area contributed by atoms with Crippen LogP contribution in [0, 0.1) is 5.41 Å². The van der Waals surface area contributed by atoms with E-state index in [-0.39, 0.29) is 0 Å². The molecule has 2 N–H and O–H groups in total. The van der Waals surface area contributed by atoms with E-state index in [4.69, 9.17) is 0 Å². The zero-order valence-electron chi connectivity index (χ0n) is 8.16. The quantitative estimate of drug-likeness (QED) is 0.734. The Morgan fingerprint density at radius 2 is 1.93 bits per heavy atom. The molecule has 0 aromatic carbocycles. The normalized spacial score (nSPS) is 36.1. The number of aliphatic carboxylic acids is 1. The highest BCUT2D eigenvalue weighted by atomic mass is 32.2. The molecule has 0 aromatic heterocycles. The molecule has 1 saturated heterocycles. The van der Waals surface area contributed by atoms with Crippen molar-refractivity contribution in [1.29, 1.82) is 0 Å². The van der Waals surface area contributed by atoms with E-state index in [9.17, 15) is 15.0 Å².